The van der Waals surface area contributed by atoms with Crippen LogP contribution in [0.2, 0.25) is 5.02 Å². The smallest absolute Gasteiger partial charge is 0.341 e. The standard InChI is InChI=1S/C37H30ClN3O5S2/c1-2-46-37(45)33-30(25-12-5-3-6-13-25)22-48-36(33)41-32(42)23-47-29-18-10-17-28(21-29)39-35(44)31(20-24-11-9-16-27(38)19-24)40-34(43)26-14-7-4-8-15-26/h3-22H,2,23H2,1H3,(H,39,44)(H,40,43)(H,41,42)/b31-20-. The fraction of sp³-hybridized carbons (Fsp3) is 0.0811. The van der Waals surface area contributed by atoms with Gasteiger partial charge in [-0.3, -0.25) is 14.4 Å². The highest BCUT2D eigenvalue weighted by Gasteiger charge is 2.23. The van der Waals surface area contributed by atoms with Crippen LogP contribution < -0.4 is 16.0 Å². The van der Waals surface area contributed by atoms with Crippen molar-refractivity contribution in [2.75, 3.05) is 23.0 Å². The van der Waals surface area contributed by atoms with Crippen LogP contribution in [0.15, 0.2) is 125 Å². The van der Waals surface area contributed by atoms with E-state index in [-0.39, 0.29) is 24.0 Å². The third kappa shape index (κ3) is 9.22. The lowest BCUT2D eigenvalue weighted by Crippen LogP contribution is -2.30. The molecule has 5 rings (SSSR count). The molecule has 5 aromatic rings. The highest BCUT2D eigenvalue weighted by Crippen LogP contribution is 2.36. The van der Waals surface area contributed by atoms with E-state index in [2.05, 4.69) is 16.0 Å². The van der Waals surface area contributed by atoms with Crippen LogP contribution in [0.1, 0.15) is 33.2 Å². The van der Waals surface area contributed by atoms with Crippen molar-refractivity contribution >= 4 is 75.2 Å². The molecule has 0 saturated heterocycles. The molecule has 3 amide bonds. The molecule has 0 saturated carbocycles. The normalized spacial score (nSPS) is 11.0. The topological polar surface area (TPSA) is 114 Å². The van der Waals surface area contributed by atoms with Gasteiger partial charge in [-0.2, -0.15) is 0 Å². The van der Waals surface area contributed by atoms with Gasteiger partial charge in [0, 0.05) is 32.1 Å². The van der Waals surface area contributed by atoms with Crippen molar-refractivity contribution in [1.82, 2.24) is 5.32 Å². The van der Waals surface area contributed by atoms with E-state index in [1.54, 1.807) is 85.8 Å². The number of ether oxygens (including phenoxy) is 1. The van der Waals surface area contributed by atoms with Gasteiger partial charge in [0.2, 0.25) is 5.91 Å². The number of carbonyl (C=O) groups is 4. The van der Waals surface area contributed by atoms with Crippen molar-refractivity contribution in [1.29, 1.82) is 0 Å². The lowest BCUT2D eigenvalue weighted by molar-refractivity contribution is -0.114. The second-order valence-electron chi connectivity index (χ2n) is 10.2. The van der Waals surface area contributed by atoms with Gasteiger partial charge < -0.3 is 20.7 Å². The molecule has 0 fully saturated rings. The van der Waals surface area contributed by atoms with Crippen LogP contribution in [0.25, 0.3) is 17.2 Å². The van der Waals surface area contributed by atoms with Crippen LogP contribution in [0.4, 0.5) is 10.7 Å². The number of halogens is 1. The summed E-state index contributed by atoms with van der Waals surface area (Å²) in [5.74, 6) is -1.75. The molecule has 0 aliphatic carbocycles. The van der Waals surface area contributed by atoms with E-state index in [0.29, 0.717) is 38.0 Å². The molecule has 3 N–H and O–H groups in total. The van der Waals surface area contributed by atoms with E-state index in [1.165, 1.54) is 23.1 Å². The number of amides is 3. The Kier molecular flexibility index (Phi) is 11.8. The predicted octanol–water partition coefficient (Wildman–Crippen LogP) is 8.39. The number of anilines is 2. The van der Waals surface area contributed by atoms with E-state index in [1.807, 2.05) is 41.8 Å². The van der Waals surface area contributed by atoms with Crippen molar-refractivity contribution in [3.63, 3.8) is 0 Å². The number of hydrogen-bond donors (Lipinski definition) is 3. The first-order valence-corrected chi connectivity index (χ1v) is 17.1. The second kappa shape index (κ2) is 16.6. The van der Waals surface area contributed by atoms with Gasteiger partial charge >= 0.3 is 5.97 Å². The highest BCUT2D eigenvalue weighted by atomic mass is 35.5. The van der Waals surface area contributed by atoms with Gasteiger partial charge in [-0.25, -0.2) is 4.79 Å². The van der Waals surface area contributed by atoms with E-state index in [0.717, 1.165) is 10.5 Å². The number of thiophene rings is 1. The summed E-state index contributed by atoms with van der Waals surface area (Å²) in [6.07, 6.45) is 1.54. The molecule has 0 aliphatic heterocycles. The number of thioether (sulfide) groups is 1. The molecule has 0 spiro atoms. The quantitative estimate of drug-likeness (QED) is 0.0687. The van der Waals surface area contributed by atoms with Crippen LogP contribution in [0.5, 0.6) is 0 Å². The molecule has 0 atom stereocenters. The monoisotopic (exact) mass is 695 g/mol. The maximum atomic E-state index is 13.5. The molecule has 0 aliphatic rings. The summed E-state index contributed by atoms with van der Waals surface area (Å²) >= 11 is 8.67. The van der Waals surface area contributed by atoms with Gasteiger partial charge in [-0.05, 0) is 66.6 Å². The van der Waals surface area contributed by atoms with E-state index < -0.39 is 17.8 Å². The van der Waals surface area contributed by atoms with Gasteiger partial charge in [0.1, 0.15) is 16.3 Å². The summed E-state index contributed by atoms with van der Waals surface area (Å²) in [7, 11) is 0. The van der Waals surface area contributed by atoms with Crippen LogP contribution in [0, 0.1) is 0 Å². The Morgan fingerprint density at radius 3 is 2.31 bits per heavy atom. The summed E-state index contributed by atoms with van der Waals surface area (Å²) in [4.78, 5) is 53.0. The van der Waals surface area contributed by atoms with Crippen molar-refractivity contribution in [3.8, 4) is 11.1 Å². The van der Waals surface area contributed by atoms with E-state index in [4.69, 9.17) is 16.3 Å². The van der Waals surface area contributed by atoms with Crippen LogP contribution in [-0.2, 0) is 14.3 Å². The average Bonchev–Trinajstić information content (AvgIpc) is 3.51. The van der Waals surface area contributed by atoms with Gasteiger partial charge in [0.25, 0.3) is 11.8 Å². The molecule has 0 unspecified atom stereocenters. The largest absolute Gasteiger partial charge is 0.462 e. The van der Waals surface area contributed by atoms with Crippen LogP contribution >= 0.6 is 34.7 Å². The highest BCUT2D eigenvalue weighted by molar-refractivity contribution is 8.00. The summed E-state index contributed by atoms with van der Waals surface area (Å²) in [6, 6.07) is 31.9. The molecule has 242 valence electrons. The SMILES string of the molecule is CCOC(=O)c1c(-c2ccccc2)csc1NC(=O)CSc1cccc(NC(=O)/C(=C/c2cccc(Cl)c2)NC(=O)c2ccccc2)c1. The van der Waals surface area contributed by atoms with Gasteiger partial charge in [0.05, 0.1) is 12.4 Å². The second-order valence-corrected chi connectivity index (χ2v) is 12.6. The summed E-state index contributed by atoms with van der Waals surface area (Å²) in [5.41, 5.74) is 3.36. The molecule has 1 heterocycles. The zero-order chi connectivity index (χ0) is 33.9. The van der Waals surface area contributed by atoms with Crippen LogP contribution in [0.3, 0.4) is 0 Å². The van der Waals surface area contributed by atoms with Gasteiger partial charge in [0.15, 0.2) is 0 Å². The predicted molar refractivity (Wildman–Crippen MR) is 193 cm³/mol. The fourth-order valence-electron chi connectivity index (χ4n) is 4.57. The first-order chi connectivity index (χ1) is 23.3. The molecule has 8 nitrogen and oxygen atoms in total. The third-order valence-corrected chi connectivity index (χ3v) is 8.88. The Hall–Kier alpha value is -5.16. The molecule has 11 heteroatoms. The molecule has 0 radical (unpaired) electrons. The Balaban J connectivity index is 1.27. The first-order valence-electron chi connectivity index (χ1n) is 14.8. The minimum Gasteiger partial charge on any atom is -0.462 e. The minimum atomic E-state index is -0.544. The molecule has 4 aromatic carbocycles. The Labute approximate surface area is 291 Å². The summed E-state index contributed by atoms with van der Waals surface area (Å²) < 4.78 is 5.29. The third-order valence-electron chi connectivity index (χ3n) is 6.76. The van der Waals surface area contributed by atoms with Crippen molar-refractivity contribution in [3.05, 3.63) is 142 Å². The van der Waals surface area contributed by atoms with Gasteiger partial charge in [-0.1, -0.05) is 78.3 Å². The molecular formula is C37H30ClN3O5S2. The zero-order valence-electron chi connectivity index (χ0n) is 25.7. The fourth-order valence-corrected chi connectivity index (χ4v) is 6.49. The number of hydrogen-bond acceptors (Lipinski definition) is 7. The average molecular weight is 696 g/mol. The number of rotatable bonds is 12. The Morgan fingerprint density at radius 1 is 0.854 bits per heavy atom. The summed E-state index contributed by atoms with van der Waals surface area (Å²) in [5, 5.41) is 11.1. The maximum Gasteiger partial charge on any atom is 0.341 e. The number of nitrogens with one attached hydrogen (secondary N) is 3. The molecule has 1 aromatic heterocycles. The van der Waals surface area contributed by atoms with Crippen molar-refractivity contribution in [2.45, 2.75) is 11.8 Å². The van der Waals surface area contributed by atoms with Crippen LogP contribution in [-0.4, -0.2) is 36.1 Å². The zero-order valence-corrected chi connectivity index (χ0v) is 28.1. The molecule has 0 bridgehead atoms. The molecular weight excluding hydrogens is 666 g/mol. The van der Waals surface area contributed by atoms with Gasteiger partial charge in [-0.15, -0.1) is 23.1 Å². The van der Waals surface area contributed by atoms with Crippen molar-refractivity contribution in [2.24, 2.45) is 0 Å². The van der Waals surface area contributed by atoms with Crippen molar-refractivity contribution < 1.29 is 23.9 Å². The lowest BCUT2D eigenvalue weighted by Gasteiger charge is -2.12. The lowest BCUT2D eigenvalue weighted by atomic mass is 10.0. The Bertz CT molecular complexity index is 1960. The minimum absolute atomic E-state index is 0.0202. The first kappa shape index (κ1) is 34.2. The Morgan fingerprint density at radius 2 is 1.58 bits per heavy atom. The number of benzene rings is 4. The van der Waals surface area contributed by atoms with E-state index >= 15 is 0 Å². The molecule has 48 heavy (non-hydrogen) atoms. The van der Waals surface area contributed by atoms with E-state index in [9.17, 15) is 19.2 Å². The maximum absolute atomic E-state index is 13.5. The number of carbonyl (C=O) groups excluding carboxylic acids is 4. The number of esters is 1. The summed E-state index contributed by atoms with van der Waals surface area (Å²) in [6.45, 7) is 1.94.